The zero-order valence-corrected chi connectivity index (χ0v) is 11.7. The summed E-state index contributed by atoms with van der Waals surface area (Å²) in [6.07, 6.45) is 5.59. The summed E-state index contributed by atoms with van der Waals surface area (Å²) in [6, 6.07) is 6.56. The lowest BCUT2D eigenvalue weighted by atomic mass is 9.93. The number of allylic oxidation sites excluding steroid dienone is 1. The van der Waals surface area contributed by atoms with Crippen LogP contribution in [-0.2, 0) is 0 Å². The van der Waals surface area contributed by atoms with Crippen molar-refractivity contribution in [3.05, 3.63) is 41.0 Å². The summed E-state index contributed by atoms with van der Waals surface area (Å²) in [7, 11) is 0. The molecule has 0 bridgehead atoms. The lowest BCUT2D eigenvalue weighted by Crippen LogP contribution is -1.94. The second kappa shape index (κ2) is 8.15. The highest BCUT2D eigenvalue weighted by Crippen LogP contribution is 2.23. The highest BCUT2D eigenvalue weighted by atomic mass is 14.1. The van der Waals surface area contributed by atoms with Crippen molar-refractivity contribution in [3.8, 4) is 0 Å². The van der Waals surface area contributed by atoms with E-state index >= 15 is 0 Å². The van der Waals surface area contributed by atoms with Gasteiger partial charge in [-0.25, -0.2) is 0 Å². The molecule has 0 heterocycles. The van der Waals surface area contributed by atoms with Gasteiger partial charge in [0.2, 0.25) is 0 Å². The van der Waals surface area contributed by atoms with Gasteiger partial charge in [-0.3, -0.25) is 0 Å². The maximum absolute atomic E-state index is 2.25. The van der Waals surface area contributed by atoms with E-state index in [2.05, 4.69) is 58.0 Å². The molecule has 1 aromatic carbocycles. The maximum atomic E-state index is 2.25. The molecular weight excluding hydrogens is 192 g/mol. The molecule has 0 radical (unpaired) electrons. The van der Waals surface area contributed by atoms with Gasteiger partial charge in [0, 0.05) is 0 Å². The van der Waals surface area contributed by atoms with Gasteiger partial charge in [-0.05, 0) is 36.0 Å². The number of hydrogen-bond acceptors (Lipinski definition) is 0. The third-order valence-corrected chi connectivity index (χ3v) is 2.50. The first-order valence-corrected chi connectivity index (χ1v) is 6.42. The van der Waals surface area contributed by atoms with Gasteiger partial charge in [0.1, 0.15) is 0 Å². The van der Waals surface area contributed by atoms with Crippen molar-refractivity contribution in [1.29, 1.82) is 0 Å². The van der Waals surface area contributed by atoms with Crippen LogP contribution in [-0.4, -0.2) is 0 Å². The Hall–Kier alpha value is -1.04. The van der Waals surface area contributed by atoms with Gasteiger partial charge in [0.05, 0.1) is 0 Å². The van der Waals surface area contributed by atoms with E-state index < -0.39 is 0 Å². The van der Waals surface area contributed by atoms with Crippen LogP contribution in [0.1, 0.15) is 63.6 Å². The molecule has 0 N–H and O–H groups in total. The summed E-state index contributed by atoms with van der Waals surface area (Å²) in [6.45, 7) is 12.8. The predicted octanol–water partition coefficient (Wildman–Crippen LogP) is 5.57. The molecule has 1 aromatic rings. The molecule has 0 aromatic heterocycles. The van der Waals surface area contributed by atoms with Crippen molar-refractivity contribution in [2.24, 2.45) is 0 Å². The minimum Gasteiger partial charge on any atom is -0.0842 e. The Morgan fingerprint density at radius 3 is 2.31 bits per heavy atom. The molecule has 0 heteroatoms. The first-order valence-electron chi connectivity index (χ1n) is 6.42. The zero-order chi connectivity index (χ0) is 12.6. The standard InChI is InChI=1S/C14H20.C2H6/c1-5-6-9-14-12(4)8-7-10-13(14)11(2)3;1-2/h6-11H,5H2,1-4H3;1-2H3/b9-6-;. The third kappa shape index (κ3) is 4.22. The molecule has 0 saturated carbocycles. The van der Waals surface area contributed by atoms with Crippen LogP contribution in [0.5, 0.6) is 0 Å². The van der Waals surface area contributed by atoms with Gasteiger partial charge in [0.15, 0.2) is 0 Å². The maximum Gasteiger partial charge on any atom is -0.0196 e. The summed E-state index contributed by atoms with van der Waals surface area (Å²) in [5.41, 5.74) is 4.24. The van der Waals surface area contributed by atoms with Gasteiger partial charge in [-0.1, -0.05) is 65.0 Å². The molecule has 0 aliphatic carbocycles. The van der Waals surface area contributed by atoms with Crippen molar-refractivity contribution in [1.82, 2.24) is 0 Å². The summed E-state index contributed by atoms with van der Waals surface area (Å²) in [5, 5.41) is 0. The van der Waals surface area contributed by atoms with Crippen molar-refractivity contribution in [2.75, 3.05) is 0 Å². The summed E-state index contributed by atoms with van der Waals surface area (Å²) in [5.74, 6) is 0.603. The van der Waals surface area contributed by atoms with E-state index in [1.807, 2.05) is 13.8 Å². The lowest BCUT2D eigenvalue weighted by Gasteiger charge is -2.12. The largest absolute Gasteiger partial charge is 0.0842 e. The minimum absolute atomic E-state index is 0.603. The van der Waals surface area contributed by atoms with Gasteiger partial charge in [-0.15, -0.1) is 0 Å². The second-order valence-electron chi connectivity index (χ2n) is 4.04. The van der Waals surface area contributed by atoms with Gasteiger partial charge < -0.3 is 0 Å². The molecule has 0 atom stereocenters. The van der Waals surface area contributed by atoms with Crippen LogP contribution in [0.2, 0.25) is 0 Å². The lowest BCUT2D eigenvalue weighted by molar-refractivity contribution is 0.862. The normalized spacial score (nSPS) is 10.4. The van der Waals surface area contributed by atoms with E-state index in [1.165, 1.54) is 16.7 Å². The molecule has 0 nitrogen and oxygen atoms in total. The molecule has 0 saturated heterocycles. The molecule has 0 unspecified atom stereocenters. The number of hydrogen-bond donors (Lipinski definition) is 0. The fourth-order valence-electron chi connectivity index (χ4n) is 1.67. The molecule has 0 spiro atoms. The average Bonchev–Trinajstić information content (AvgIpc) is 2.29. The van der Waals surface area contributed by atoms with E-state index in [-0.39, 0.29) is 0 Å². The summed E-state index contributed by atoms with van der Waals surface area (Å²) < 4.78 is 0. The summed E-state index contributed by atoms with van der Waals surface area (Å²) >= 11 is 0. The first-order chi connectivity index (χ1) is 7.66. The molecule has 90 valence electrons. The Morgan fingerprint density at radius 1 is 1.19 bits per heavy atom. The quantitative estimate of drug-likeness (QED) is 0.622. The van der Waals surface area contributed by atoms with Crippen LogP contribution >= 0.6 is 0 Å². The average molecular weight is 218 g/mol. The van der Waals surface area contributed by atoms with Crippen LogP contribution in [0.25, 0.3) is 6.08 Å². The Bertz CT molecular complexity index is 319. The Morgan fingerprint density at radius 2 is 1.81 bits per heavy atom. The smallest absolute Gasteiger partial charge is 0.0196 e. The van der Waals surface area contributed by atoms with Crippen molar-refractivity contribution in [2.45, 2.75) is 53.9 Å². The van der Waals surface area contributed by atoms with Gasteiger partial charge >= 0.3 is 0 Å². The third-order valence-electron chi connectivity index (χ3n) is 2.50. The van der Waals surface area contributed by atoms with Crippen LogP contribution < -0.4 is 0 Å². The zero-order valence-electron chi connectivity index (χ0n) is 11.7. The number of rotatable bonds is 3. The fourth-order valence-corrected chi connectivity index (χ4v) is 1.67. The van der Waals surface area contributed by atoms with E-state index in [4.69, 9.17) is 0 Å². The van der Waals surface area contributed by atoms with Crippen LogP contribution in [0.15, 0.2) is 24.3 Å². The van der Waals surface area contributed by atoms with Crippen molar-refractivity contribution < 1.29 is 0 Å². The fraction of sp³-hybridized carbons (Fsp3) is 0.500. The highest BCUT2D eigenvalue weighted by Gasteiger charge is 2.05. The van der Waals surface area contributed by atoms with E-state index in [0.717, 1.165) is 6.42 Å². The molecule has 0 amide bonds. The number of aryl methyl sites for hydroxylation is 1. The Balaban J connectivity index is 0.00000106. The SMILES string of the molecule is CC.CC/C=C\c1c(C)cccc1C(C)C. The monoisotopic (exact) mass is 218 g/mol. The van der Waals surface area contributed by atoms with E-state index in [0.29, 0.717) is 5.92 Å². The topological polar surface area (TPSA) is 0 Å². The highest BCUT2D eigenvalue weighted by molar-refractivity contribution is 5.58. The first kappa shape index (κ1) is 15.0. The molecule has 1 rings (SSSR count). The van der Waals surface area contributed by atoms with Crippen LogP contribution in [0.4, 0.5) is 0 Å². The molecule has 0 aliphatic rings. The molecule has 0 aliphatic heterocycles. The van der Waals surface area contributed by atoms with Crippen molar-refractivity contribution in [3.63, 3.8) is 0 Å². The Kier molecular flexibility index (Phi) is 7.62. The molecular formula is C16H26. The van der Waals surface area contributed by atoms with E-state index in [9.17, 15) is 0 Å². The minimum atomic E-state index is 0.603. The molecule has 16 heavy (non-hydrogen) atoms. The Labute approximate surface area is 101 Å². The van der Waals surface area contributed by atoms with Crippen molar-refractivity contribution >= 4 is 6.08 Å². The second-order valence-corrected chi connectivity index (χ2v) is 4.04. The predicted molar refractivity (Wildman–Crippen MR) is 75.9 cm³/mol. The van der Waals surface area contributed by atoms with Crippen LogP contribution in [0.3, 0.4) is 0 Å². The van der Waals surface area contributed by atoms with Gasteiger partial charge in [0.25, 0.3) is 0 Å². The summed E-state index contributed by atoms with van der Waals surface area (Å²) in [4.78, 5) is 0. The van der Waals surface area contributed by atoms with Gasteiger partial charge in [-0.2, -0.15) is 0 Å². The molecule has 0 fully saturated rings. The van der Waals surface area contributed by atoms with Crippen LogP contribution in [0, 0.1) is 6.92 Å². The van der Waals surface area contributed by atoms with E-state index in [1.54, 1.807) is 0 Å². The number of benzene rings is 1.